The Morgan fingerprint density at radius 2 is 2.21 bits per heavy atom. The summed E-state index contributed by atoms with van der Waals surface area (Å²) in [5.41, 5.74) is 2.95. The smallest absolute Gasteiger partial charge is 0.241 e. The zero-order chi connectivity index (χ0) is 13.8. The monoisotopic (exact) mass is 262 g/mol. The molecule has 0 aromatic heterocycles. The molecule has 2 rings (SSSR count). The summed E-state index contributed by atoms with van der Waals surface area (Å²) >= 11 is 0. The Balaban J connectivity index is 2.11. The number of nitrogens with one attached hydrogen (secondary N) is 2. The van der Waals surface area contributed by atoms with E-state index in [1.807, 2.05) is 32.9 Å². The van der Waals surface area contributed by atoms with Crippen molar-refractivity contribution in [2.75, 3.05) is 18.5 Å². The molecule has 1 fully saturated rings. The lowest BCUT2D eigenvalue weighted by atomic mass is 10.1. The van der Waals surface area contributed by atoms with Crippen LogP contribution in [0.25, 0.3) is 0 Å². The Bertz CT molecular complexity index is 465. The van der Waals surface area contributed by atoms with E-state index in [-0.39, 0.29) is 11.9 Å². The van der Waals surface area contributed by atoms with E-state index in [4.69, 9.17) is 4.74 Å². The molecule has 104 valence electrons. The topological polar surface area (TPSA) is 50.4 Å². The lowest BCUT2D eigenvalue weighted by molar-refractivity contribution is -0.117. The largest absolute Gasteiger partial charge is 0.494 e. The third-order valence-electron chi connectivity index (χ3n) is 3.46. The van der Waals surface area contributed by atoms with Crippen molar-refractivity contribution in [3.63, 3.8) is 0 Å². The summed E-state index contributed by atoms with van der Waals surface area (Å²) in [7, 11) is 0. The molecule has 1 amide bonds. The first-order valence-corrected chi connectivity index (χ1v) is 6.90. The summed E-state index contributed by atoms with van der Waals surface area (Å²) in [5.74, 6) is 0.946. The molecule has 1 aliphatic heterocycles. The van der Waals surface area contributed by atoms with Crippen molar-refractivity contribution in [1.82, 2.24) is 5.32 Å². The maximum absolute atomic E-state index is 12.1. The van der Waals surface area contributed by atoms with Gasteiger partial charge in [0.15, 0.2) is 0 Å². The Morgan fingerprint density at radius 3 is 2.84 bits per heavy atom. The maximum Gasteiger partial charge on any atom is 0.241 e. The zero-order valence-electron chi connectivity index (χ0n) is 11.9. The van der Waals surface area contributed by atoms with Crippen molar-refractivity contribution in [2.45, 2.75) is 39.7 Å². The van der Waals surface area contributed by atoms with Gasteiger partial charge in [0, 0.05) is 5.69 Å². The zero-order valence-corrected chi connectivity index (χ0v) is 11.9. The van der Waals surface area contributed by atoms with Gasteiger partial charge in [-0.15, -0.1) is 0 Å². The fourth-order valence-corrected chi connectivity index (χ4v) is 2.36. The molecule has 1 aliphatic rings. The van der Waals surface area contributed by atoms with Crippen LogP contribution in [-0.4, -0.2) is 25.1 Å². The molecular weight excluding hydrogens is 240 g/mol. The number of benzene rings is 1. The standard InChI is InChI=1S/C15H22N2O2/c1-4-19-14-9-10(2)13(8-11(14)3)17-15(18)12-6-5-7-16-12/h8-9,12,16H,4-7H2,1-3H3,(H,17,18). The van der Waals surface area contributed by atoms with Gasteiger partial charge in [-0.2, -0.15) is 0 Å². The van der Waals surface area contributed by atoms with Gasteiger partial charge in [0.05, 0.1) is 12.6 Å². The molecule has 0 aliphatic carbocycles. The summed E-state index contributed by atoms with van der Waals surface area (Å²) in [4.78, 5) is 12.1. The van der Waals surface area contributed by atoms with Crippen molar-refractivity contribution >= 4 is 11.6 Å². The third kappa shape index (κ3) is 3.26. The Labute approximate surface area is 114 Å². The van der Waals surface area contributed by atoms with Crippen LogP contribution in [0.1, 0.15) is 30.9 Å². The van der Waals surface area contributed by atoms with Crippen molar-refractivity contribution in [3.8, 4) is 5.75 Å². The maximum atomic E-state index is 12.1. The number of amides is 1. The van der Waals surface area contributed by atoms with E-state index in [1.165, 1.54) is 0 Å². The first kappa shape index (κ1) is 13.9. The fraction of sp³-hybridized carbons (Fsp3) is 0.533. The number of aryl methyl sites for hydroxylation is 2. The normalized spacial score (nSPS) is 18.4. The molecule has 2 N–H and O–H groups in total. The number of carbonyl (C=O) groups excluding carboxylic acids is 1. The van der Waals surface area contributed by atoms with E-state index in [0.29, 0.717) is 6.61 Å². The number of ether oxygens (including phenoxy) is 1. The predicted molar refractivity (Wildman–Crippen MR) is 76.7 cm³/mol. The summed E-state index contributed by atoms with van der Waals surface area (Å²) in [6.45, 7) is 7.53. The van der Waals surface area contributed by atoms with Gasteiger partial charge < -0.3 is 15.4 Å². The molecule has 1 aromatic rings. The van der Waals surface area contributed by atoms with Gasteiger partial charge in [-0.25, -0.2) is 0 Å². The molecule has 1 atom stereocenters. The second kappa shape index (κ2) is 6.06. The fourth-order valence-electron chi connectivity index (χ4n) is 2.36. The number of rotatable bonds is 4. The van der Waals surface area contributed by atoms with Gasteiger partial charge in [-0.05, 0) is 63.4 Å². The van der Waals surface area contributed by atoms with E-state index in [2.05, 4.69) is 10.6 Å². The minimum absolute atomic E-state index is 0.0497. The molecule has 0 spiro atoms. The van der Waals surface area contributed by atoms with E-state index >= 15 is 0 Å². The van der Waals surface area contributed by atoms with Crippen LogP contribution in [0.4, 0.5) is 5.69 Å². The Morgan fingerprint density at radius 1 is 1.42 bits per heavy atom. The summed E-state index contributed by atoms with van der Waals surface area (Å²) in [5, 5.41) is 6.21. The molecule has 0 bridgehead atoms. The second-order valence-corrected chi connectivity index (χ2v) is 5.00. The molecule has 0 saturated carbocycles. The van der Waals surface area contributed by atoms with E-state index in [0.717, 1.165) is 42.0 Å². The van der Waals surface area contributed by atoms with E-state index in [1.54, 1.807) is 0 Å². The van der Waals surface area contributed by atoms with Gasteiger partial charge in [-0.3, -0.25) is 4.79 Å². The highest BCUT2D eigenvalue weighted by Gasteiger charge is 2.22. The lowest BCUT2D eigenvalue weighted by Crippen LogP contribution is -2.35. The average molecular weight is 262 g/mol. The highest BCUT2D eigenvalue weighted by atomic mass is 16.5. The van der Waals surface area contributed by atoms with Crippen LogP contribution in [0.3, 0.4) is 0 Å². The van der Waals surface area contributed by atoms with Gasteiger partial charge >= 0.3 is 0 Å². The second-order valence-electron chi connectivity index (χ2n) is 5.00. The summed E-state index contributed by atoms with van der Waals surface area (Å²) in [6, 6.07) is 3.91. The SMILES string of the molecule is CCOc1cc(C)c(NC(=O)C2CCCN2)cc1C. The molecule has 19 heavy (non-hydrogen) atoms. The van der Waals surface area contributed by atoms with Crippen LogP contribution in [0.15, 0.2) is 12.1 Å². The molecule has 0 radical (unpaired) electrons. The first-order valence-electron chi connectivity index (χ1n) is 6.90. The average Bonchev–Trinajstić information content (AvgIpc) is 2.89. The van der Waals surface area contributed by atoms with Crippen LogP contribution in [-0.2, 0) is 4.79 Å². The van der Waals surface area contributed by atoms with E-state index in [9.17, 15) is 4.79 Å². The van der Waals surface area contributed by atoms with Crippen LogP contribution >= 0.6 is 0 Å². The first-order chi connectivity index (χ1) is 9.11. The minimum Gasteiger partial charge on any atom is -0.494 e. The van der Waals surface area contributed by atoms with Gasteiger partial charge in [0.2, 0.25) is 5.91 Å². The van der Waals surface area contributed by atoms with Crippen LogP contribution < -0.4 is 15.4 Å². The third-order valence-corrected chi connectivity index (χ3v) is 3.46. The van der Waals surface area contributed by atoms with Crippen molar-refractivity contribution in [1.29, 1.82) is 0 Å². The van der Waals surface area contributed by atoms with Gasteiger partial charge in [-0.1, -0.05) is 0 Å². The van der Waals surface area contributed by atoms with Crippen molar-refractivity contribution < 1.29 is 9.53 Å². The minimum atomic E-state index is -0.0497. The number of hydrogen-bond donors (Lipinski definition) is 2. The van der Waals surface area contributed by atoms with Crippen LogP contribution in [0, 0.1) is 13.8 Å². The number of anilines is 1. The van der Waals surface area contributed by atoms with Crippen LogP contribution in [0.2, 0.25) is 0 Å². The molecule has 4 heteroatoms. The molecule has 1 heterocycles. The van der Waals surface area contributed by atoms with Crippen molar-refractivity contribution in [3.05, 3.63) is 23.3 Å². The highest BCUT2D eigenvalue weighted by Crippen LogP contribution is 2.26. The highest BCUT2D eigenvalue weighted by molar-refractivity contribution is 5.95. The van der Waals surface area contributed by atoms with E-state index < -0.39 is 0 Å². The molecule has 4 nitrogen and oxygen atoms in total. The number of carbonyl (C=O) groups is 1. The quantitative estimate of drug-likeness (QED) is 0.876. The van der Waals surface area contributed by atoms with Crippen molar-refractivity contribution in [2.24, 2.45) is 0 Å². The lowest BCUT2D eigenvalue weighted by Gasteiger charge is -2.15. The molecule has 1 unspecified atom stereocenters. The summed E-state index contributed by atoms with van der Waals surface area (Å²) in [6.07, 6.45) is 1.99. The Kier molecular flexibility index (Phi) is 4.43. The molecule has 1 aromatic carbocycles. The van der Waals surface area contributed by atoms with Gasteiger partial charge in [0.1, 0.15) is 5.75 Å². The molecular formula is C15H22N2O2. The van der Waals surface area contributed by atoms with Crippen LogP contribution in [0.5, 0.6) is 5.75 Å². The number of hydrogen-bond acceptors (Lipinski definition) is 3. The Hall–Kier alpha value is -1.55. The predicted octanol–water partition coefficient (Wildman–Crippen LogP) is 2.39. The summed E-state index contributed by atoms with van der Waals surface area (Å²) < 4.78 is 5.55. The van der Waals surface area contributed by atoms with Gasteiger partial charge in [0.25, 0.3) is 0 Å². The molecule has 1 saturated heterocycles.